The van der Waals surface area contributed by atoms with Crippen LogP contribution in [0, 0.1) is 17.1 Å². The first-order valence-corrected chi connectivity index (χ1v) is 4.79. The van der Waals surface area contributed by atoms with E-state index in [0.29, 0.717) is 11.0 Å². The first-order chi connectivity index (χ1) is 8.13. The molecule has 0 aromatic heterocycles. The predicted octanol–water partition coefficient (Wildman–Crippen LogP) is -0.276. The Morgan fingerprint density at radius 1 is 1.71 bits per heavy atom. The van der Waals surface area contributed by atoms with Gasteiger partial charge in [-0.15, -0.1) is 0 Å². The summed E-state index contributed by atoms with van der Waals surface area (Å²) in [7, 11) is -1.16. The maximum atomic E-state index is 13.5. The monoisotopic (exact) mass is 235 g/mol. The highest BCUT2D eigenvalue weighted by Gasteiger charge is 2.30. The molecule has 86 valence electrons. The Labute approximate surface area is 96.5 Å². The molecule has 0 bridgehead atoms. The van der Waals surface area contributed by atoms with Crippen LogP contribution >= 0.6 is 0 Å². The van der Waals surface area contributed by atoms with Crippen LogP contribution in [0.1, 0.15) is 15.9 Å². The van der Waals surface area contributed by atoms with Crippen molar-refractivity contribution in [3.05, 3.63) is 29.1 Å². The van der Waals surface area contributed by atoms with Gasteiger partial charge in [0.05, 0.1) is 12.2 Å². The van der Waals surface area contributed by atoms with Crippen molar-refractivity contribution in [1.82, 2.24) is 0 Å². The van der Waals surface area contributed by atoms with Crippen molar-refractivity contribution in [3.63, 3.8) is 0 Å². The van der Waals surface area contributed by atoms with Gasteiger partial charge in [0.1, 0.15) is 11.9 Å². The summed E-state index contributed by atoms with van der Waals surface area (Å²) in [6.07, 6.45) is 0. The molecule has 0 amide bonds. The number of esters is 1. The molecule has 0 atom stereocenters. The number of carbonyl (C=O) groups excluding carboxylic acids is 1. The Balaban J connectivity index is 2.33. The van der Waals surface area contributed by atoms with E-state index in [1.807, 2.05) is 0 Å². The van der Waals surface area contributed by atoms with Gasteiger partial charge >= 0.3 is 13.1 Å². The Morgan fingerprint density at radius 3 is 3.18 bits per heavy atom. The highest BCUT2D eigenvalue weighted by molar-refractivity contribution is 6.61. The Kier molecular flexibility index (Phi) is 3.09. The van der Waals surface area contributed by atoms with E-state index in [0.717, 1.165) is 6.07 Å². The van der Waals surface area contributed by atoms with E-state index in [2.05, 4.69) is 4.74 Å². The van der Waals surface area contributed by atoms with E-state index >= 15 is 0 Å². The zero-order valence-corrected chi connectivity index (χ0v) is 8.64. The smallest absolute Gasteiger partial charge is 0.447 e. The third-order valence-electron chi connectivity index (χ3n) is 2.38. The minimum Gasteiger partial charge on any atom is -0.447 e. The lowest BCUT2D eigenvalue weighted by Crippen LogP contribution is -2.29. The minimum atomic E-state index is -1.16. The van der Waals surface area contributed by atoms with E-state index in [-0.39, 0.29) is 12.2 Å². The van der Waals surface area contributed by atoms with Gasteiger partial charge < -0.3 is 14.4 Å². The van der Waals surface area contributed by atoms with Crippen molar-refractivity contribution in [2.45, 2.75) is 6.61 Å². The number of ether oxygens (including phenoxy) is 1. The molecule has 0 aliphatic carbocycles. The van der Waals surface area contributed by atoms with E-state index < -0.39 is 25.5 Å². The van der Waals surface area contributed by atoms with Gasteiger partial charge in [-0.25, -0.2) is 9.18 Å². The SMILES string of the molecule is N#CCOC(=O)c1cc2c(cc1F)COB2O. The molecule has 17 heavy (non-hydrogen) atoms. The number of halogens is 1. The quantitative estimate of drug-likeness (QED) is 0.563. The van der Waals surface area contributed by atoms with Gasteiger partial charge in [0, 0.05) is 0 Å². The lowest BCUT2D eigenvalue weighted by molar-refractivity contribution is 0.0550. The molecule has 7 heteroatoms. The van der Waals surface area contributed by atoms with Gasteiger partial charge in [-0.05, 0) is 23.2 Å². The maximum Gasteiger partial charge on any atom is 0.491 e. The molecular weight excluding hydrogens is 228 g/mol. The number of carbonyl (C=O) groups is 1. The van der Waals surface area contributed by atoms with Gasteiger partial charge in [0.2, 0.25) is 0 Å². The summed E-state index contributed by atoms with van der Waals surface area (Å²) in [5.41, 5.74) is 0.519. The molecule has 0 spiro atoms. The normalized spacial score (nSPS) is 13.1. The van der Waals surface area contributed by atoms with Gasteiger partial charge in [-0.1, -0.05) is 0 Å². The lowest BCUT2D eigenvalue weighted by Gasteiger charge is -2.05. The van der Waals surface area contributed by atoms with Gasteiger partial charge in [-0.3, -0.25) is 0 Å². The summed E-state index contributed by atoms with van der Waals surface area (Å²) in [5, 5.41) is 17.7. The number of nitriles is 1. The molecule has 0 unspecified atom stereocenters. The zero-order valence-electron chi connectivity index (χ0n) is 8.64. The number of rotatable bonds is 2. The number of benzene rings is 1. The maximum absolute atomic E-state index is 13.5. The van der Waals surface area contributed by atoms with Crippen molar-refractivity contribution in [3.8, 4) is 6.07 Å². The molecule has 0 fully saturated rings. The highest BCUT2D eigenvalue weighted by Crippen LogP contribution is 2.16. The van der Waals surface area contributed by atoms with E-state index in [1.54, 1.807) is 6.07 Å². The molecule has 1 N–H and O–H groups in total. The second kappa shape index (κ2) is 4.53. The van der Waals surface area contributed by atoms with Crippen molar-refractivity contribution in [2.75, 3.05) is 6.61 Å². The number of hydrogen-bond acceptors (Lipinski definition) is 5. The van der Waals surface area contributed by atoms with Crippen LogP contribution in [0.2, 0.25) is 0 Å². The van der Waals surface area contributed by atoms with Crippen LogP contribution in [0.15, 0.2) is 12.1 Å². The van der Waals surface area contributed by atoms with Crippen LogP contribution < -0.4 is 5.46 Å². The van der Waals surface area contributed by atoms with Crippen molar-refractivity contribution < 1.29 is 23.6 Å². The van der Waals surface area contributed by atoms with E-state index in [4.69, 9.17) is 9.92 Å². The third-order valence-corrected chi connectivity index (χ3v) is 2.38. The van der Waals surface area contributed by atoms with Crippen LogP contribution in [-0.2, 0) is 16.0 Å². The minimum absolute atomic E-state index is 0.0982. The molecule has 5 nitrogen and oxygen atoms in total. The molecule has 0 radical (unpaired) electrons. The number of hydrogen-bond donors (Lipinski definition) is 1. The average molecular weight is 235 g/mol. The van der Waals surface area contributed by atoms with Crippen LogP contribution in [0.3, 0.4) is 0 Å². The topological polar surface area (TPSA) is 79.5 Å². The highest BCUT2D eigenvalue weighted by atomic mass is 19.1. The molecule has 1 aromatic carbocycles. The Hall–Kier alpha value is -1.91. The zero-order chi connectivity index (χ0) is 12.4. The fourth-order valence-electron chi connectivity index (χ4n) is 1.58. The third kappa shape index (κ3) is 2.13. The standard InChI is InChI=1S/C10H7BFNO4/c12-9-3-6-5-17-11(15)8(6)4-7(9)10(14)16-2-1-13/h3-4,15H,2,5H2. The first kappa shape index (κ1) is 11.6. The molecule has 2 rings (SSSR count). The molecule has 0 saturated heterocycles. The second-order valence-electron chi connectivity index (χ2n) is 3.43. The molecule has 1 aliphatic heterocycles. The Bertz CT molecular complexity index is 514. The van der Waals surface area contributed by atoms with E-state index in [9.17, 15) is 14.2 Å². The fraction of sp³-hybridized carbons (Fsp3) is 0.200. The summed E-state index contributed by atoms with van der Waals surface area (Å²) in [5.74, 6) is -1.70. The summed E-state index contributed by atoms with van der Waals surface area (Å²) in [4.78, 5) is 11.4. The van der Waals surface area contributed by atoms with Crippen molar-refractivity contribution >= 4 is 18.6 Å². The predicted molar refractivity (Wildman–Crippen MR) is 54.7 cm³/mol. The van der Waals surface area contributed by atoms with Crippen molar-refractivity contribution in [1.29, 1.82) is 5.26 Å². The van der Waals surface area contributed by atoms with Crippen LogP contribution in [-0.4, -0.2) is 24.7 Å². The fourth-order valence-corrected chi connectivity index (χ4v) is 1.58. The summed E-state index contributed by atoms with van der Waals surface area (Å²) < 4.78 is 22.9. The van der Waals surface area contributed by atoms with Gasteiger partial charge in [-0.2, -0.15) is 5.26 Å². The molecule has 0 saturated carbocycles. The second-order valence-corrected chi connectivity index (χ2v) is 3.43. The summed E-state index contributed by atoms with van der Waals surface area (Å²) >= 11 is 0. The van der Waals surface area contributed by atoms with Crippen LogP contribution in [0.5, 0.6) is 0 Å². The molecule has 1 heterocycles. The van der Waals surface area contributed by atoms with Crippen molar-refractivity contribution in [2.24, 2.45) is 0 Å². The average Bonchev–Trinajstić information content (AvgIpc) is 2.66. The number of nitrogens with zero attached hydrogens (tertiary/aromatic N) is 1. The molecule has 1 aromatic rings. The van der Waals surface area contributed by atoms with Gasteiger partial charge in [0.15, 0.2) is 6.61 Å². The Morgan fingerprint density at radius 2 is 2.47 bits per heavy atom. The lowest BCUT2D eigenvalue weighted by atomic mass is 9.78. The summed E-state index contributed by atoms with van der Waals surface area (Å²) in [6, 6.07) is 3.91. The van der Waals surface area contributed by atoms with Crippen LogP contribution in [0.25, 0.3) is 0 Å². The van der Waals surface area contributed by atoms with E-state index in [1.165, 1.54) is 6.07 Å². The first-order valence-electron chi connectivity index (χ1n) is 4.79. The number of fused-ring (bicyclic) bond motifs is 1. The molecule has 1 aliphatic rings. The van der Waals surface area contributed by atoms with Crippen LogP contribution in [0.4, 0.5) is 4.39 Å². The largest absolute Gasteiger partial charge is 0.491 e. The molecular formula is C10H7BFNO4. The van der Waals surface area contributed by atoms with Gasteiger partial charge in [0.25, 0.3) is 0 Å². The summed E-state index contributed by atoms with van der Waals surface area (Å²) in [6.45, 7) is -0.352.